The fourth-order valence-electron chi connectivity index (χ4n) is 2.67. The maximum Gasteiger partial charge on any atom is 0.415 e. The van der Waals surface area contributed by atoms with Crippen molar-refractivity contribution in [2.24, 2.45) is 0 Å². The fraction of sp³-hybridized carbons (Fsp3) is 0.267. The number of amides is 1. The highest BCUT2D eigenvalue weighted by Crippen LogP contribution is 2.47. The Hall–Kier alpha value is -2.01. The van der Waals surface area contributed by atoms with Crippen LogP contribution in [0.5, 0.6) is 0 Å². The van der Waals surface area contributed by atoms with Crippen LogP contribution in [0.4, 0.5) is 16.2 Å². The van der Waals surface area contributed by atoms with E-state index in [2.05, 4.69) is 0 Å². The minimum atomic E-state index is -0.734. The number of hydrogen-bond acceptors (Lipinski definition) is 4. The molecular formula is C15H16N2O2S. The van der Waals surface area contributed by atoms with E-state index >= 15 is 0 Å². The molecule has 3 rings (SSSR count). The van der Waals surface area contributed by atoms with Crippen molar-refractivity contribution in [3.05, 3.63) is 46.2 Å². The van der Waals surface area contributed by atoms with Crippen LogP contribution in [-0.2, 0) is 10.3 Å². The largest absolute Gasteiger partial charge is 0.432 e. The molecule has 2 heterocycles. The molecule has 1 atom stereocenters. The molecule has 0 aliphatic carbocycles. The van der Waals surface area contributed by atoms with Crippen molar-refractivity contribution in [3.63, 3.8) is 0 Å². The predicted octanol–water partition coefficient (Wildman–Crippen LogP) is 3.57. The van der Waals surface area contributed by atoms with Gasteiger partial charge in [0.15, 0.2) is 5.60 Å². The SMILES string of the molecule is CCC1(c2cccs2)OC(=O)N(C)c2ccc(N)cc21. The van der Waals surface area contributed by atoms with Crippen LogP contribution < -0.4 is 10.6 Å². The number of nitrogens with zero attached hydrogens (tertiary/aromatic N) is 1. The Kier molecular flexibility index (Phi) is 2.94. The molecule has 0 radical (unpaired) electrons. The molecule has 1 aliphatic heterocycles. The number of nitrogen functional groups attached to an aromatic ring is 1. The van der Waals surface area contributed by atoms with Crippen molar-refractivity contribution in [3.8, 4) is 0 Å². The molecule has 0 bridgehead atoms. The first-order chi connectivity index (χ1) is 9.58. The second kappa shape index (κ2) is 4.52. The smallest absolute Gasteiger partial charge is 0.415 e. The average molecular weight is 288 g/mol. The van der Waals surface area contributed by atoms with Crippen molar-refractivity contribution in [1.29, 1.82) is 0 Å². The van der Waals surface area contributed by atoms with Crippen molar-refractivity contribution in [1.82, 2.24) is 0 Å². The summed E-state index contributed by atoms with van der Waals surface area (Å²) in [6.07, 6.45) is 0.335. The van der Waals surface area contributed by atoms with Crippen molar-refractivity contribution < 1.29 is 9.53 Å². The average Bonchev–Trinajstić information content (AvgIpc) is 2.97. The summed E-state index contributed by atoms with van der Waals surface area (Å²) in [5, 5.41) is 1.99. The minimum Gasteiger partial charge on any atom is -0.432 e. The highest BCUT2D eigenvalue weighted by Gasteiger charge is 2.45. The topological polar surface area (TPSA) is 55.6 Å². The van der Waals surface area contributed by atoms with E-state index in [0.29, 0.717) is 12.1 Å². The zero-order chi connectivity index (χ0) is 14.3. The molecule has 0 fully saturated rings. The maximum absolute atomic E-state index is 12.2. The number of benzene rings is 1. The Labute approximate surface area is 121 Å². The van der Waals surface area contributed by atoms with E-state index in [-0.39, 0.29) is 6.09 Å². The van der Waals surface area contributed by atoms with Gasteiger partial charge in [0.2, 0.25) is 0 Å². The highest BCUT2D eigenvalue weighted by molar-refractivity contribution is 7.10. The van der Waals surface area contributed by atoms with E-state index in [9.17, 15) is 4.79 Å². The Morgan fingerprint density at radius 3 is 2.85 bits per heavy atom. The molecule has 0 spiro atoms. The van der Waals surface area contributed by atoms with E-state index in [1.807, 2.05) is 42.6 Å². The summed E-state index contributed by atoms with van der Waals surface area (Å²) in [6, 6.07) is 9.56. The van der Waals surface area contributed by atoms with Gasteiger partial charge in [-0.25, -0.2) is 4.79 Å². The molecular weight excluding hydrogens is 272 g/mol. The zero-order valence-corrected chi connectivity index (χ0v) is 12.2. The lowest BCUT2D eigenvalue weighted by Gasteiger charge is -2.40. The molecule has 1 amide bonds. The second-order valence-electron chi connectivity index (χ2n) is 4.86. The number of anilines is 2. The summed E-state index contributed by atoms with van der Waals surface area (Å²) in [7, 11) is 1.71. The van der Waals surface area contributed by atoms with Crippen molar-refractivity contribution >= 4 is 28.8 Å². The van der Waals surface area contributed by atoms with Gasteiger partial charge in [0.25, 0.3) is 0 Å². The first-order valence-electron chi connectivity index (χ1n) is 6.49. The molecule has 20 heavy (non-hydrogen) atoms. The normalized spacial score (nSPS) is 21.5. The van der Waals surface area contributed by atoms with Crippen molar-refractivity contribution in [2.45, 2.75) is 18.9 Å². The van der Waals surface area contributed by atoms with Gasteiger partial charge in [0, 0.05) is 18.3 Å². The number of hydrogen-bond donors (Lipinski definition) is 1. The summed E-state index contributed by atoms with van der Waals surface area (Å²) < 4.78 is 5.80. The van der Waals surface area contributed by atoms with Gasteiger partial charge < -0.3 is 10.5 Å². The van der Waals surface area contributed by atoms with Gasteiger partial charge in [-0.15, -0.1) is 11.3 Å². The molecule has 1 aliphatic rings. The lowest BCUT2D eigenvalue weighted by atomic mass is 9.86. The number of cyclic esters (lactones) is 1. The molecule has 5 heteroatoms. The summed E-state index contributed by atoms with van der Waals surface area (Å²) >= 11 is 1.59. The van der Waals surface area contributed by atoms with Gasteiger partial charge in [0.05, 0.1) is 10.6 Å². The molecule has 104 valence electrons. The molecule has 0 saturated carbocycles. The number of carbonyl (C=O) groups excluding carboxylic acids is 1. The highest BCUT2D eigenvalue weighted by atomic mass is 32.1. The van der Waals surface area contributed by atoms with Crippen LogP contribution in [0.15, 0.2) is 35.7 Å². The van der Waals surface area contributed by atoms with Crippen LogP contribution in [0.3, 0.4) is 0 Å². The summed E-state index contributed by atoms with van der Waals surface area (Å²) in [6.45, 7) is 2.02. The van der Waals surface area contributed by atoms with Gasteiger partial charge in [-0.05, 0) is 36.1 Å². The van der Waals surface area contributed by atoms with Gasteiger partial charge in [-0.1, -0.05) is 13.0 Å². The van der Waals surface area contributed by atoms with Gasteiger partial charge >= 0.3 is 6.09 Å². The lowest BCUT2D eigenvalue weighted by molar-refractivity contribution is 0.0380. The summed E-state index contributed by atoms with van der Waals surface area (Å²) in [5.41, 5.74) is 7.67. The molecule has 1 aromatic carbocycles. The Balaban J connectivity index is 2.29. The maximum atomic E-state index is 12.2. The zero-order valence-electron chi connectivity index (χ0n) is 11.4. The molecule has 0 saturated heterocycles. The molecule has 1 unspecified atom stereocenters. The van der Waals surface area contributed by atoms with Crippen LogP contribution >= 0.6 is 11.3 Å². The van der Waals surface area contributed by atoms with Crippen LogP contribution in [0.2, 0.25) is 0 Å². The number of carbonyl (C=O) groups is 1. The Bertz CT molecular complexity index is 654. The fourth-order valence-corrected chi connectivity index (χ4v) is 3.62. The van der Waals surface area contributed by atoms with Gasteiger partial charge in [0.1, 0.15) is 0 Å². The summed E-state index contributed by atoms with van der Waals surface area (Å²) in [5.74, 6) is 0. The Morgan fingerprint density at radius 1 is 1.40 bits per heavy atom. The van der Waals surface area contributed by atoms with Crippen LogP contribution in [-0.4, -0.2) is 13.1 Å². The summed E-state index contributed by atoms with van der Waals surface area (Å²) in [4.78, 5) is 14.7. The predicted molar refractivity (Wildman–Crippen MR) is 81.1 cm³/mol. The minimum absolute atomic E-state index is 0.336. The molecule has 2 N–H and O–H groups in total. The quantitative estimate of drug-likeness (QED) is 0.859. The van der Waals surface area contributed by atoms with E-state index < -0.39 is 5.60 Å². The first-order valence-corrected chi connectivity index (χ1v) is 7.37. The number of nitrogens with two attached hydrogens (primary N) is 1. The van der Waals surface area contributed by atoms with E-state index in [4.69, 9.17) is 10.5 Å². The number of ether oxygens (including phenoxy) is 1. The monoisotopic (exact) mass is 288 g/mol. The van der Waals surface area contributed by atoms with Crippen LogP contribution in [0.25, 0.3) is 0 Å². The second-order valence-corrected chi connectivity index (χ2v) is 5.81. The van der Waals surface area contributed by atoms with Gasteiger partial charge in [-0.3, -0.25) is 4.90 Å². The molecule has 4 nitrogen and oxygen atoms in total. The van der Waals surface area contributed by atoms with Crippen molar-refractivity contribution in [2.75, 3.05) is 17.7 Å². The van der Waals surface area contributed by atoms with E-state index in [1.165, 1.54) is 4.90 Å². The molecule has 2 aromatic rings. The molecule has 1 aromatic heterocycles. The third-order valence-electron chi connectivity index (χ3n) is 3.77. The third kappa shape index (κ3) is 1.70. The van der Waals surface area contributed by atoms with E-state index in [1.54, 1.807) is 18.4 Å². The standard InChI is InChI=1S/C15H16N2O2S/c1-3-15(13-5-4-8-20-13)11-9-10(16)6-7-12(11)17(2)14(18)19-15/h4-9H,3,16H2,1-2H3. The number of fused-ring (bicyclic) bond motifs is 1. The van der Waals surface area contributed by atoms with Crippen LogP contribution in [0.1, 0.15) is 23.8 Å². The number of thiophene rings is 1. The Morgan fingerprint density at radius 2 is 2.20 bits per heavy atom. The van der Waals surface area contributed by atoms with Crippen LogP contribution in [0, 0.1) is 0 Å². The van der Waals surface area contributed by atoms with E-state index in [0.717, 1.165) is 16.1 Å². The first kappa shape index (κ1) is 13.0. The van der Waals surface area contributed by atoms with Gasteiger partial charge in [-0.2, -0.15) is 0 Å². The number of rotatable bonds is 2. The third-order valence-corrected chi connectivity index (χ3v) is 4.78. The lowest BCUT2D eigenvalue weighted by Crippen LogP contribution is -2.44.